The van der Waals surface area contributed by atoms with Crippen LogP contribution in [0.15, 0.2) is 41.7 Å². The van der Waals surface area contributed by atoms with Crippen molar-refractivity contribution < 1.29 is 17.9 Å². The molecule has 0 amide bonds. The van der Waals surface area contributed by atoms with Crippen molar-refractivity contribution >= 4 is 5.69 Å². The van der Waals surface area contributed by atoms with Gasteiger partial charge in [0.2, 0.25) is 0 Å². The standard InChI is InChI=1S/C12H11F3N2O/c13-8-2-1-3-11(12(8)15)18-7-4-5-10(17-16)9(14)6-7/h2,4-6,17H,1,3,16H2. The molecule has 1 aliphatic carbocycles. The van der Waals surface area contributed by atoms with Crippen molar-refractivity contribution in [1.82, 2.24) is 0 Å². The molecule has 0 aromatic heterocycles. The van der Waals surface area contributed by atoms with E-state index in [0.29, 0.717) is 6.42 Å². The maximum atomic E-state index is 13.4. The number of nitrogen functional groups attached to an aromatic ring is 1. The molecular formula is C12H11F3N2O. The van der Waals surface area contributed by atoms with E-state index in [1.165, 1.54) is 12.1 Å². The second-order valence-corrected chi connectivity index (χ2v) is 3.72. The van der Waals surface area contributed by atoms with Gasteiger partial charge < -0.3 is 10.2 Å². The van der Waals surface area contributed by atoms with Gasteiger partial charge >= 0.3 is 0 Å². The lowest BCUT2D eigenvalue weighted by Crippen LogP contribution is -2.09. The number of allylic oxidation sites excluding steroid dienone is 4. The number of ether oxygens (including phenoxy) is 1. The largest absolute Gasteiger partial charge is 0.458 e. The molecule has 3 N–H and O–H groups in total. The maximum Gasteiger partial charge on any atom is 0.196 e. The fourth-order valence-electron chi connectivity index (χ4n) is 1.58. The Hall–Kier alpha value is -1.95. The summed E-state index contributed by atoms with van der Waals surface area (Å²) in [7, 11) is 0. The molecule has 0 atom stereocenters. The van der Waals surface area contributed by atoms with Gasteiger partial charge in [-0.15, -0.1) is 0 Å². The number of nitrogens with two attached hydrogens (primary N) is 1. The number of halogens is 3. The Kier molecular flexibility index (Phi) is 3.57. The smallest absolute Gasteiger partial charge is 0.196 e. The first-order valence-electron chi connectivity index (χ1n) is 5.30. The van der Waals surface area contributed by atoms with Crippen LogP contribution in [-0.2, 0) is 0 Å². The first kappa shape index (κ1) is 12.5. The predicted octanol–water partition coefficient (Wildman–Crippen LogP) is 3.32. The molecule has 0 bridgehead atoms. The first-order valence-corrected chi connectivity index (χ1v) is 5.30. The van der Waals surface area contributed by atoms with Gasteiger partial charge in [0.1, 0.15) is 11.5 Å². The van der Waals surface area contributed by atoms with Gasteiger partial charge in [-0.3, -0.25) is 5.84 Å². The predicted molar refractivity (Wildman–Crippen MR) is 61.4 cm³/mol. The average molecular weight is 256 g/mol. The van der Waals surface area contributed by atoms with Crippen LogP contribution in [0.1, 0.15) is 12.8 Å². The monoisotopic (exact) mass is 256 g/mol. The molecule has 18 heavy (non-hydrogen) atoms. The van der Waals surface area contributed by atoms with Crippen LogP contribution in [0.5, 0.6) is 5.75 Å². The van der Waals surface area contributed by atoms with Gasteiger partial charge in [0.05, 0.1) is 5.69 Å². The van der Waals surface area contributed by atoms with Gasteiger partial charge in [0, 0.05) is 12.5 Å². The number of hydrogen-bond acceptors (Lipinski definition) is 3. The zero-order chi connectivity index (χ0) is 13.1. The second kappa shape index (κ2) is 5.14. The highest BCUT2D eigenvalue weighted by Gasteiger charge is 2.18. The third-order valence-electron chi connectivity index (χ3n) is 2.49. The van der Waals surface area contributed by atoms with Crippen LogP contribution in [0.3, 0.4) is 0 Å². The lowest BCUT2D eigenvalue weighted by molar-refractivity contribution is 0.360. The molecule has 1 aromatic rings. The summed E-state index contributed by atoms with van der Waals surface area (Å²) in [5, 5.41) is 0. The van der Waals surface area contributed by atoms with E-state index in [4.69, 9.17) is 10.6 Å². The van der Waals surface area contributed by atoms with Crippen LogP contribution in [-0.4, -0.2) is 0 Å². The van der Waals surface area contributed by atoms with Gasteiger partial charge in [-0.25, -0.2) is 13.2 Å². The lowest BCUT2D eigenvalue weighted by Gasteiger charge is -2.14. The van der Waals surface area contributed by atoms with Crippen LogP contribution in [0.2, 0.25) is 0 Å². The van der Waals surface area contributed by atoms with Crippen molar-refractivity contribution in [3.05, 3.63) is 47.5 Å². The summed E-state index contributed by atoms with van der Waals surface area (Å²) in [6.45, 7) is 0. The first-order chi connectivity index (χ1) is 8.61. The minimum Gasteiger partial charge on any atom is -0.458 e. The van der Waals surface area contributed by atoms with Gasteiger partial charge in [0.15, 0.2) is 17.5 Å². The molecular weight excluding hydrogens is 245 g/mol. The van der Waals surface area contributed by atoms with E-state index in [0.717, 1.165) is 12.1 Å². The van der Waals surface area contributed by atoms with Crippen LogP contribution in [0.25, 0.3) is 0 Å². The summed E-state index contributed by atoms with van der Waals surface area (Å²) in [5.41, 5.74) is 2.25. The van der Waals surface area contributed by atoms with Gasteiger partial charge in [-0.05, 0) is 24.6 Å². The van der Waals surface area contributed by atoms with Crippen molar-refractivity contribution in [2.45, 2.75) is 12.8 Å². The Morgan fingerprint density at radius 3 is 2.67 bits per heavy atom. The van der Waals surface area contributed by atoms with Crippen molar-refractivity contribution in [3.63, 3.8) is 0 Å². The number of rotatable bonds is 3. The third-order valence-corrected chi connectivity index (χ3v) is 2.49. The van der Waals surface area contributed by atoms with E-state index < -0.39 is 17.5 Å². The van der Waals surface area contributed by atoms with Crippen molar-refractivity contribution in [1.29, 1.82) is 0 Å². The molecule has 0 saturated heterocycles. The SMILES string of the molecule is NNc1ccc(OC2=C(F)C(F)=CCC2)cc1F. The molecule has 0 radical (unpaired) electrons. The zero-order valence-corrected chi connectivity index (χ0v) is 9.34. The van der Waals surface area contributed by atoms with Crippen LogP contribution in [0.4, 0.5) is 18.9 Å². The molecule has 0 aliphatic heterocycles. The second-order valence-electron chi connectivity index (χ2n) is 3.72. The van der Waals surface area contributed by atoms with E-state index >= 15 is 0 Å². The minimum atomic E-state index is -1.04. The number of nitrogens with one attached hydrogen (secondary N) is 1. The fourth-order valence-corrected chi connectivity index (χ4v) is 1.58. The van der Waals surface area contributed by atoms with Crippen molar-refractivity contribution in [2.24, 2.45) is 5.84 Å². The molecule has 0 heterocycles. The molecule has 6 heteroatoms. The van der Waals surface area contributed by atoms with Crippen molar-refractivity contribution in [3.8, 4) is 5.75 Å². The molecule has 0 unspecified atom stereocenters. The highest BCUT2D eigenvalue weighted by atomic mass is 19.2. The van der Waals surface area contributed by atoms with Gasteiger partial charge in [-0.1, -0.05) is 0 Å². The fraction of sp³-hybridized carbons (Fsp3) is 0.167. The normalized spacial score (nSPS) is 15.4. The maximum absolute atomic E-state index is 13.4. The number of anilines is 1. The Labute approximate surface area is 102 Å². The summed E-state index contributed by atoms with van der Waals surface area (Å²) < 4.78 is 44.8. The lowest BCUT2D eigenvalue weighted by atomic mass is 10.1. The Bertz CT molecular complexity index is 526. The van der Waals surface area contributed by atoms with Crippen LogP contribution < -0.4 is 16.0 Å². The quantitative estimate of drug-likeness (QED) is 0.644. The van der Waals surface area contributed by atoms with E-state index in [1.807, 2.05) is 0 Å². The molecule has 96 valence electrons. The molecule has 1 aliphatic rings. The average Bonchev–Trinajstić information content (AvgIpc) is 2.35. The summed E-state index contributed by atoms with van der Waals surface area (Å²) in [5.74, 6) is 2.40. The summed E-state index contributed by atoms with van der Waals surface area (Å²) in [6.07, 6.45) is 1.72. The molecule has 0 saturated carbocycles. The number of hydrazine groups is 1. The Morgan fingerprint density at radius 1 is 1.22 bits per heavy atom. The van der Waals surface area contributed by atoms with Crippen molar-refractivity contribution in [2.75, 3.05) is 5.43 Å². The molecule has 0 fully saturated rings. The third kappa shape index (κ3) is 2.48. The minimum absolute atomic E-state index is 0.0892. The van der Waals surface area contributed by atoms with Gasteiger partial charge in [0.25, 0.3) is 0 Å². The highest BCUT2D eigenvalue weighted by molar-refractivity contribution is 5.47. The zero-order valence-electron chi connectivity index (χ0n) is 9.34. The molecule has 2 rings (SSSR count). The van der Waals surface area contributed by atoms with E-state index in [1.54, 1.807) is 0 Å². The highest BCUT2D eigenvalue weighted by Crippen LogP contribution is 2.30. The van der Waals surface area contributed by atoms with Gasteiger partial charge in [-0.2, -0.15) is 0 Å². The summed E-state index contributed by atoms with van der Waals surface area (Å²) >= 11 is 0. The topological polar surface area (TPSA) is 47.3 Å². The molecule has 1 aromatic carbocycles. The summed E-state index contributed by atoms with van der Waals surface area (Å²) in [4.78, 5) is 0. The number of benzene rings is 1. The Morgan fingerprint density at radius 2 is 2.00 bits per heavy atom. The van der Waals surface area contributed by atoms with E-state index in [9.17, 15) is 13.2 Å². The van der Waals surface area contributed by atoms with E-state index in [2.05, 4.69) is 5.43 Å². The van der Waals surface area contributed by atoms with E-state index in [-0.39, 0.29) is 23.6 Å². The number of hydrogen-bond donors (Lipinski definition) is 2. The molecule has 3 nitrogen and oxygen atoms in total. The Balaban J connectivity index is 2.22. The summed E-state index contributed by atoms with van der Waals surface area (Å²) in [6, 6.07) is 3.80. The van der Waals surface area contributed by atoms with Crippen LogP contribution in [0, 0.1) is 5.82 Å². The molecule has 0 spiro atoms. The van der Waals surface area contributed by atoms with Crippen LogP contribution >= 0.6 is 0 Å².